The predicted octanol–water partition coefficient (Wildman–Crippen LogP) is 2.89. The lowest BCUT2D eigenvalue weighted by Crippen LogP contribution is -1.91. The smallest absolute Gasteiger partial charge is 0.257 e. The van der Waals surface area contributed by atoms with Crippen molar-refractivity contribution in [3.8, 4) is 11.5 Å². The van der Waals surface area contributed by atoms with Gasteiger partial charge in [0, 0.05) is 11.3 Å². The average molecular weight is 247 g/mol. The maximum absolute atomic E-state index is 5.64. The van der Waals surface area contributed by atoms with Crippen LogP contribution >= 0.6 is 11.8 Å². The van der Waals surface area contributed by atoms with Crippen molar-refractivity contribution in [2.45, 2.75) is 18.1 Å². The van der Waals surface area contributed by atoms with Crippen LogP contribution < -0.4 is 5.73 Å². The molecule has 0 bridgehead atoms. The van der Waals surface area contributed by atoms with Crippen molar-refractivity contribution in [1.82, 2.24) is 10.1 Å². The number of nitrogens with two attached hydrogens (primary N) is 1. The lowest BCUT2D eigenvalue weighted by molar-refractivity contribution is 0.421. The van der Waals surface area contributed by atoms with Gasteiger partial charge in [0.25, 0.3) is 5.89 Å². The molecule has 0 radical (unpaired) electrons. The number of thioether (sulfide) groups is 1. The number of nitrogens with zero attached hydrogens (tertiary/aromatic N) is 2. The third-order valence-electron chi connectivity index (χ3n) is 2.82. The van der Waals surface area contributed by atoms with Gasteiger partial charge in [0.2, 0.25) is 0 Å². The Labute approximate surface area is 104 Å². The lowest BCUT2D eigenvalue weighted by atomic mass is 10.2. The number of aromatic nitrogens is 2. The second-order valence-corrected chi connectivity index (χ2v) is 5.39. The maximum atomic E-state index is 5.64. The molecule has 2 heterocycles. The van der Waals surface area contributed by atoms with Crippen LogP contribution in [0.25, 0.3) is 11.5 Å². The van der Waals surface area contributed by atoms with E-state index < -0.39 is 0 Å². The Morgan fingerprint density at radius 2 is 2.12 bits per heavy atom. The third-order valence-corrected chi connectivity index (χ3v) is 4.19. The Balaban J connectivity index is 1.86. The number of anilines is 1. The molecule has 2 aromatic rings. The molecule has 0 aliphatic carbocycles. The molecule has 88 valence electrons. The van der Waals surface area contributed by atoms with Crippen LogP contribution in [0.4, 0.5) is 5.69 Å². The van der Waals surface area contributed by atoms with Crippen LogP contribution in [-0.4, -0.2) is 15.9 Å². The highest BCUT2D eigenvalue weighted by Gasteiger charge is 2.23. The molecule has 1 aromatic heterocycles. The van der Waals surface area contributed by atoms with E-state index in [9.17, 15) is 0 Å². The summed E-state index contributed by atoms with van der Waals surface area (Å²) in [6.45, 7) is 0. The van der Waals surface area contributed by atoms with Crippen molar-refractivity contribution >= 4 is 17.4 Å². The topological polar surface area (TPSA) is 64.9 Å². The fourth-order valence-electron chi connectivity index (χ4n) is 1.89. The van der Waals surface area contributed by atoms with Crippen LogP contribution in [0.1, 0.15) is 23.9 Å². The second kappa shape index (κ2) is 4.41. The number of hydrogen-bond acceptors (Lipinski definition) is 5. The van der Waals surface area contributed by atoms with E-state index in [1.165, 1.54) is 12.2 Å². The summed E-state index contributed by atoms with van der Waals surface area (Å²) in [5, 5.41) is 4.46. The molecule has 4 nitrogen and oxygen atoms in total. The maximum Gasteiger partial charge on any atom is 0.257 e. The van der Waals surface area contributed by atoms with E-state index in [1.54, 1.807) is 0 Å². The zero-order valence-corrected chi connectivity index (χ0v) is 10.1. The van der Waals surface area contributed by atoms with Crippen LogP contribution in [0.15, 0.2) is 28.8 Å². The standard InChI is InChI=1S/C12H13N3OS/c13-9-5-3-8(4-6-9)12-14-11(15-16-12)10-2-1-7-17-10/h3-6,10H,1-2,7,13H2. The largest absolute Gasteiger partial charge is 0.399 e. The van der Waals surface area contributed by atoms with Gasteiger partial charge in [-0.05, 0) is 42.9 Å². The van der Waals surface area contributed by atoms with Crippen molar-refractivity contribution in [3.05, 3.63) is 30.1 Å². The van der Waals surface area contributed by atoms with E-state index in [4.69, 9.17) is 10.3 Å². The Bertz CT molecular complexity index is 503. The molecule has 1 atom stereocenters. The normalized spacial score (nSPS) is 19.6. The second-order valence-electron chi connectivity index (χ2n) is 4.08. The van der Waals surface area contributed by atoms with Gasteiger partial charge in [-0.15, -0.1) is 0 Å². The first-order chi connectivity index (χ1) is 8.33. The molecule has 1 aliphatic rings. The van der Waals surface area contributed by atoms with E-state index in [-0.39, 0.29) is 0 Å². The highest BCUT2D eigenvalue weighted by atomic mass is 32.2. The first-order valence-electron chi connectivity index (χ1n) is 5.64. The Morgan fingerprint density at radius 1 is 1.29 bits per heavy atom. The molecule has 17 heavy (non-hydrogen) atoms. The molecule has 1 saturated heterocycles. The van der Waals surface area contributed by atoms with E-state index in [2.05, 4.69) is 10.1 Å². The molecule has 5 heteroatoms. The van der Waals surface area contributed by atoms with Gasteiger partial charge in [-0.1, -0.05) is 5.16 Å². The van der Waals surface area contributed by atoms with Crippen molar-refractivity contribution in [1.29, 1.82) is 0 Å². The summed E-state index contributed by atoms with van der Waals surface area (Å²) in [4.78, 5) is 4.45. The summed E-state index contributed by atoms with van der Waals surface area (Å²) in [5.41, 5.74) is 7.29. The van der Waals surface area contributed by atoms with Gasteiger partial charge >= 0.3 is 0 Å². The van der Waals surface area contributed by atoms with Gasteiger partial charge in [-0.25, -0.2) is 0 Å². The van der Waals surface area contributed by atoms with E-state index in [0.717, 1.165) is 23.5 Å². The molecule has 0 amide bonds. The molecule has 2 N–H and O–H groups in total. The number of nitrogen functional groups attached to an aromatic ring is 1. The predicted molar refractivity (Wildman–Crippen MR) is 68.6 cm³/mol. The summed E-state index contributed by atoms with van der Waals surface area (Å²) in [6.07, 6.45) is 2.38. The van der Waals surface area contributed by atoms with Crippen molar-refractivity contribution in [2.24, 2.45) is 0 Å². The van der Waals surface area contributed by atoms with Gasteiger partial charge in [0.05, 0.1) is 5.25 Å². The molecule has 0 saturated carbocycles. The van der Waals surface area contributed by atoms with E-state index in [0.29, 0.717) is 11.1 Å². The zero-order chi connectivity index (χ0) is 11.7. The minimum Gasteiger partial charge on any atom is -0.399 e. The first-order valence-corrected chi connectivity index (χ1v) is 6.69. The van der Waals surface area contributed by atoms with Crippen LogP contribution in [-0.2, 0) is 0 Å². The fourth-order valence-corrected chi connectivity index (χ4v) is 3.09. The lowest BCUT2D eigenvalue weighted by Gasteiger charge is -1.99. The molecule has 1 aliphatic heterocycles. The summed E-state index contributed by atoms with van der Waals surface area (Å²) in [6, 6.07) is 7.47. The number of benzene rings is 1. The Hall–Kier alpha value is -1.49. The molecular formula is C12H13N3OS. The van der Waals surface area contributed by atoms with Crippen LogP contribution in [0.3, 0.4) is 0 Å². The number of hydrogen-bond donors (Lipinski definition) is 1. The van der Waals surface area contributed by atoms with Crippen molar-refractivity contribution < 1.29 is 4.52 Å². The highest BCUT2D eigenvalue weighted by molar-refractivity contribution is 7.99. The van der Waals surface area contributed by atoms with Crippen LogP contribution in [0.5, 0.6) is 0 Å². The zero-order valence-electron chi connectivity index (χ0n) is 9.30. The number of rotatable bonds is 2. The molecule has 0 spiro atoms. The molecule has 1 fully saturated rings. The summed E-state index contributed by atoms with van der Waals surface area (Å²) >= 11 is 1.90. The van der Waals surface area contributed by atoms with Crippen molar-refractivity contribution in [3.63, 3.8) is 0 Å². The van der Waals surface area contributed by atoms with E-state index >= 15 is 0 Å². The minimum absolute atomic E-state index is 0.404. The van der Waals surface area contributed by atoms with Gasteiger partial charge in [0.15, 0.2) is 5.82 Å². The van der Waals surface area contributed by atoms with Gasteiger partial charge in [-0.2, -0.15) is 16.7 Å². The summed E-state index contributed by atoms with van der Waals surface area (Å²) < 4.78 is 5.29. The average Bonchev–Trinajstić information content (AvgIpc) is 3.00. The van der Waals surface area contributed by atoms with Crippen molar-refractivity contribution in [2.75, 3.05) is 11.5 Å². The SMILES string of the molecule is Nc1ccc(-c2nc(C3CCCS3)no2)cc1. The van der Waals surface area contributed by atoms with E-state index in [1.807, 2.05) is 36.0 Å². The van der Waals surface area contributed by atoms with Gasteiger partial charge in [0.1, 0.15) is 0 Å². The van der Waals surface area contributed by atoms with Gasteiger partial charge < -0.3 is 10.3 Å². The minimum atomic E-state index is 0.404. The monoisotopic (exact) mass is 247 g/mol. The first kappa shape index (κ1) is 10.7. The summed E-state index contributed by atoms with van der Waals surface area (Å²) in [7, 11) is 0. The Kier molecular flexibility index (Phi) is 2.76. The third kappa shape index (κ3) is 2.15. The Morgan fingerprint density at radius 3 is 2.82 bits per heavy atom. The van der Waals surface area contributed by atoms with Crippen LogP contribution in [0.2, 0.25) is 0 Å². The molecule has 1 aromatic carbocycles. The summed E-state index contributed by atoms with van der Waals surface area (Å²) in [5.74, 6) is 2.59. The highest BCUT2D eigenvalue weighted by Crippen LogP contribution is 2.38. The molecule has 1 unspecified atom stereocenters. The molecular weight excluding hydrogens is 234 g/mol. The van der Waals surface area contributed by atoms with Gasteiger partial charge in [-0.3, -0.25) is 0 Å². The fraction of sp³-hybridized carbons (Fsp3) is 0.333. The molecule has 3 rings (SSSR count). The quantitative estimate of drug-likeness (QED) is 0.827. The van der Waals surface area contributed by atoms with Crippen LogP contribution in [0, 0.1) is 0 Å².